The van der Waals surface area contributed by atoms with Crippen LogP contribution in [0.25, 0.3) is 0 Å². The van der Waals surface area contributed by atoms with Crippen molar-refractivity contribution in [3.05, 3.63) is 29.8 Å². The summed E-state index contributed by atoms with van der Waals surface area (Å²) >= 11 is 0. The molecule has 0 aromatic heterocycles. The molecule has 1 aromatic rings. The van der Waals surface area contributed by atoms with Crippen molar-refractivity contribution in [2.75, 3.05) is 19.7 Å². The Hall–Kier alpha value is -3.71. The summed E-state index contributed by atoms with van der Waals surface area (Å²) in [6.07, 6.45) is -7.12. The highest BCUT2D eigenvalue weighted by Crippen LogP contribution is 2.32. The Bertz CT molecular complexity index is 1100. The van der Waals surface area contributed by atoms with E-state index in [4.69, 9.17) is 33.2 Å². The van der Waals surface area contributed by atoms with Crippen molar-refractivity contribution in [1.29, 1.82) is 0 Å². The van der Waals surface area contributed by atoms with Gasteiger partial charge in [-0.25, -0.2) is 0 Å². The summed E-state index contributed by atoms with van der Waals surface area (Å²) in [7, 11) is 0. The summed E-state index contributed by atoms with van der Waals surface area (Å²) in [6.45, 7) is 8.65. The Morgan fingerprint density at radius 2 is 1.32 bits per heavy atom. The minimum atomic E-state index is -1.46. The van der Waals surface area contributed by atoms with E-state index in [0.717, 1.165) is 20.8 Å². The highest BCUT2D eigenvalue weighted by atomic mass is 16.7. The van der Waals surface area contributed by atoms with Gasteiger partial charge < -0.3 is 38.1 Å². The van der Waals surface area contributed by atoms with Crippen molar-refractivity contribution in [3.63, 3.8) is 0 Å². The first kappa shape index (κ1) is 30.8. The molecule has 1 amide bonds. The molecular weight excluding hydrogens is 530 g/mol. The van der Waals surface area contributed by atoms with Gasteiger partial charge in [0.05, 0.1) is 17.8 Å². The quantitative estimate of drug-likeness (QED) is 0.331. The van der Waals surface area contributed by atoms with Gasteiger partial charge in [-0.1, -0.05) is 12.1 Å². The summed E-state index contributed by atoms with van der Waals surface area (Å²) in [6, 6.07) is 6.42. The van der Waals surface area contributed by atoms with Crippen LogP contribution in [0.1, 0.15) is 51.9 Å². The molecule has 40 heavy (non-hydrogen) atoms. The second kappa shape index (κ2) is 13.6. The van der Waals surface area contributed by atoms with Crippen LogP contribution < -0.4 is 4.74 Å². The predicted molar refractivity (Wildman–Crippen MR) is 135 cm³/mol. The lowest BCUT2D eigenvalue weighted by Gasteiger charge is -2.44. The largest absolute Gasteiger partial charge is 0.463 e. The van der Waals surface area contributed by atoms with E-state index in [-0.39, 0.29) is 29.4 Å². The number of benzene rings is 1. The number of hydrogen-bond donors (Lipinski definition) is 0. The maximum atomic E-state index is 13.5. The molecule has 0 bridgehead atoms. The van der Waals surface area contributed by atoms with Gasteiger partial charge >= 0.3 is 23.9 Å². The van der Waals surface area contributed by atoms with E-state index in [0.29, 0.717) is 13.1 Å². The maximum Gasteiger partial charge on any atom is 0.303 e. The van der Waals surface area contributed by atoms with Crippen LogP contribution >= 0.6 is 0 Å². The summed E-state index contributed by atoms with van der Waals surface area (Å²) in [5, 5.41) is 0. The number of rotatable bonds is 8. The molecule has 0 unspecified atom stereocenters. The smallest absolute Gasteiger partial charge is 0.303 e. The van der Waals surface area contributed by atoms with Crippen LogP contribution in [-0.2, 0) is 47.6 Å². The average molecular weight is 566 g/mol. The van der Waals surface area contributed by atoms with Gasteiger partial charge in [0, 0.05) is 40.8 Å². The van der Waals surface area contributed by atoms with Gasteiger partial charge in [-0.3, -0.25) is 24.0 Å². The molecule has 1 aromatic carbocycles. The lowest BCUT2D eigenvalue weighted by atomic mass is 9.98. The molecule has 0 N–H and O–H groups in total. The standard InChI is InChI=1S/C27H35NO12/c1-14-11-28(12-15(2)35-14)26(33)20-9-7-8-10-21(20)39-27-25(38-19(6)32)24(37-18(5)31)23(36-17(4)30)22(40-27)13-34-16(3)29/h7-10,14-15,22-25,27H,11-13H2,1-6H3/t14-,15-,22-,23-,24+,25-,27+/m1/s1. The molecule has 2 fully saturated rings. The number of para-hydroxylation sites is 1. The molecule has 3 rings (SSSR count). The van der Waals surface area contributed by atoms with Gasteiger partial charge in [0.2, 0.25) is 12.4 Å². The van der Waals surface area contributed by atoms with E-state index < -0.39 is 61.2 Å². The van der Waals surface area contributed by atoms with Crippen LogP contribution in [0.5, 0.6) is 5.75 Å². The first-order chi connectivity index (χ1) is 18.8. The highest BCUT2D eigenvalue weighted by molar-refractivity contribution is 5.97. The number of morpholine rings is 1. The van der Waals surface area contributed by atoms with Crippen LogP contribution in [0.4, 0.5) is 0 Å². The summed E-state index contributed by atoms with van der Waals surface area (Å²) in [4.78, 5) is 62.8. The lowest BCUT2D eigenvalue weighted by Crippen LogP contribution is -2.63. The van der Waals surface area contributed by atoms with Gasteiger partial charge in [0.1, 0.15) is 18.5 Å². The Morgan fingerprint density at radius 3 is 1.90 bits per heavy atom. The van der Waals surface area contributed by atoms with Crippen molar-refractivity contribution in [2.45, 2.75) is 84.5 Å². The van der Waals surface area contributed by atoms with Gasteiger partial charge in [-0.05, 0) is 26.0 Å². The SMILES string of the molecule is CC(=O)OC[C@H]1O[C@H](Oc2ccccc2C(=O)N2C[C@@H](C)O[C@H](C)C2)[C@H](OC(C)=O)[C@@H](OC(C)=O)[C@@H]1OC(C)=O. The predicted octanol–water partition coefficient (Wildman–Crippen LogP) is 1.40. The molecule has 13 nitrogen and oxygen atoms in total. The number of carbonyl (C=O) groups is 5. The first-order valence-electron chi connectivity index (χ1n) is 12.9. The van der Waals surface area contributed by atoms with Crippen LogP contribution in [0.2, 0.25) is 0 Å². The van der Waals surface area contributed by atoms with E-state index >= 15 is 0 Å². The van der Waals surface area contributed by atoms with Crippen LogP contribution in [-0.4, -0.2) is 97.3 Å². The van der Waals surface area contributed by atoms with E-state index in [1.54, 1.807) is 23.1 Å². The minimum absolute atomic E-state index is 0.0974. The zero-order valence-electron chi connectivity index (χ0n) is 23.3. The molecule has 0 spiro atoms. The van der Waals surface area contributed by atoms with Crippen LogP contribution in [0.3, 0.4) is 0 Å². The first-order valence-corrected chi connectivity index (χ1v) is 12.9. The van der Waals surface area contributed by atoms with Gasteiger partial charge in [0.25, 0.3) is 5.91 Å². The molecule has 2 aliphatic heterocycles. The normalized spacial score (nSPS) is 28.1. The monoisotopic (exact) mass is 565 g/mol. The Morgan fingerprint density at radius 1 is 0.775 bits per heavy atom. The fourth-order valence-corrected chi connectivity index (χ4v) is 4.67. The second-order valence-electron chi connectivity index (χ2n) is 9.65. The van der Waals surface area contributed by atoms with Crippen molar-refractivity contribution in [2.24, 2.45) is 0 Å². The molecule has 0 radical (unpaired) electrons. The summed E-state index contributed by atoms with van der Waals surface area (Å²) < 4.78 is 39.2. The Kier molecular flexibility index (Phi) is 10.5. The van der Waals surface area contributed by atoms with Crippen LogP contribution in [0.15, 0.2) is 24.3 Å². The van der Waals surface area contributed by atoms with E-state index in [2.05, 4.69) is 0 Å². The molecule has 0 aliphatic carbocycles. The number of ether oxygens (including phenoxy) is 7. The summed E-state index contributed by atoms with van der Waals surface area (Å²) in [5.41, 5.74) is 0.205. The van der Waals surface area contributed by atoms with Crippen molar-refractivity contribution in [1.82, 2.24) is 4.90 Å². The number of nitrogens with zero attached hydrogens (tertiary/aromatic N) is 1. The van der Waals surface area contributed by atoms with E-state index in [1.165, 1.54) is 13.0 Å². The van der Waals surface area contributed by atoms with Gasteiger partial charge in [0.15, 0.2) is 12.2 Å². The third kappa shape index (κ3) is 8.15. The molecule has 2 aliphatic rings. The molecule has 2 saturated heterocycles. The molecule has 7 atom stereocenters. The fourth-order valence-electron chi connectivity index (χ4n) is 4.67. The third-order valence-electron chi connectivity index (χ3n) is 6.02. The average Bonchev–Trinajstić information content (AvgIpc) is 2.85. The van der Waals surface area contributed by atoms with E-state index in [1.807, 2.05) is 13.8 Å². The zero-order valence-corrected chi connectivity index (χ0v) is 23.3. The zero-order chi connectivity index (χ0) is 29.6. The van der Waals surface area contributed by atoms with E-state index in [9.17, 15) is 24.0 Å². The number of carbonyl (C=O) groups excluding carboxylic acids is 5. The second-order valence-corrected chi connectivity index (χ2v) is 9.65. The molecule has 13 heteroatoms. The number of hydrogen-bond acceptors (Lipinski definition) is 12. The van der Waals surface area contributed by atoms with Gasteiger partial charge in [-0.15, -0.1) is 0 Å². The Balaban J connectivity index is 1.99. The fraction of sp³-hybridized carbons (Fsp3) is 0.593. The molecule has 220 valence electrons. The summed E-state index contributed by atoms with van der Waals surface area (Å²) in [5.74, 6) is -3.14. The minimum Gasteiger partial charge on any atom is -0.463 e. The lowest BCUT2D eigenvalue weighted by molar-refractivity contribution is -0.288. The van der Waals surface area contributed by atoms with Crippen molar-refractivity contribution >= 4 is 29.8 Å². The third-order valence-corrected chi connectivity index (χ3v) is 6.02. The van der Waals surface area contributed by atoms with Crippen molar-refractivity contribution < 1.29 is 57.1 Å². The molecule has 0 saturated carbocycles. The highest BCUT2D eigenvalue weighted by Gasteiger charge is 2.53. The van der Waals surface area contributed by atoms with Crippen LogP contribution in [0, 0.1) is 0 Å². The van der Waals surface area contributed by atoms with Gasteiger partial charge in [-0.2, -0.15) is 0 Å². The topological polar surface area (TPSA) is 153 Å². The maximum absolute atomic E-state index is 13.5. The molecular formula is C27H35NO12. The van der Waals surface area contributed by atoms with Crippen molar-refractivity contribution in [3.8, 4) is 5.75 Å². The number of esters is 4. The Labute approximate surface area is 231 Å². The molecule has 2 heterocycles. The number of amides is 1.